The number of rotatable bonds is 5. The van der Waals surface area contributed by atoms with Crippen molar-refractivity contribution in [3.8, 4) is 11.4 Å². The standard InChI is InChI=1S/C26H32N6O3/c1-26(2,3)35-25(34)31-15-12-20(13-16-31)32-14-4-5-21(32)24(33)27-19-10-8-18(9-11-19)23-28-22(29-30-23)17-6-7-17/h4-5,8-11,14,17,20H,6-7,12-13,15-16H2,1-3H3,(H,27,33)(H,28,29,30). The molecule has 2 aromatic heterocycles. The highest BCUT2D eigenvalue weighted by Gasteiger charge is 2.29. The van der Waals surface area contributed by atoms with Gasteiger partial charge >= 0.3 is 6.09 Å². The van der Waals surface area contributed by atoms with Gasteiger partial charge in [-0.05, 0) is 82.9 Å². The van der Waals surface area contributed by atoms with Crippen LogP contribution in [0.25, 0.3) is 11.4 Å². The van der Waals surface area contributed by atoms with Crippen molar-refractivity contribution in [2.45, 2.75) is 64.0 Å². The molecule has 2 amide bonds. The van der Waals surface area contributed by atoms with E-state index in [1.165, 1.54) is 12.8 Å². The summed E-state index contributed by atoms with van der Waals surface area (Å²) >= 11 is 0. The molecule has 1 aromatic carbocycles. The summed E-state index contributed by atoms with van der Waals surface area (Å²) in [6, 6.07) is 11.4. The van der Waals surface area contributed by atoms with E-state index in [1.807, 2.05) is 67.9 Å². The lowest BCUT2D eigenvalue weighted by atomic mass is 10.0. The third kappa shape index (κ3) is 5.39. The topological polar surface area (TPSA) is 105 Å². The summed E-state index contributed by atoms with van der Waals surface area (Å²) in [7, 11) is 0. The van der Waals surface area contributed by atoms with Gasteiger partial charge in [0.1, 0.15) is 17.1 Å². The third-order valence-electron chi connectivity index (χ3n) is 6.39. The summed E-state index contributed by atoms with van der Waals surface area (Å²) in [6.07, 6.45) is 5.53. The maximum atomic E-state index is 13.1. The molecule has 1 saturated carbocycles. The summed E-state index contributed by atoms with van der Waals surface area (Å²) in [4.78, 5) is 31.7. The fraction of sp³-hybridized carbons (Fsp3) is 0.462. The highest BCUT2D eigenvalue weighted by atomic mass is 16.6. The number of aromatic amines is 1. The molecule has 1 saturated heterocycles. The number of ether oxygens (including phenoxy) is 1. The van der Waals surface area contributed by atoms with Crippen LogP contribution in [0.5, 0.6) is 0 Å². The zero-order valence-electron chi connectivity index (χ0n) is 20.5. The summed E-state index contributed by atoms with van der Waals surface area (Å²) in [5.74, 6) is 1.99. The second kappa shape index (κ2) is 9.20. The van der Waals surface area contributed by atoms with E-state index in [0.717, 1.165) is 24.2 Å². The number of benzene rings is 1. The van der Waals surface area contributed by atoms with Crippen molar-refractivity contribution in [3.63, 3.8) is 0 Å². The van der Waals surface area contributed by atoms with E-state index in [1.54, 1.807) is 4.90 Å². The molecule has 184 valence electrons. The molecule has 2 fully saturated rings. The van der Waals surface area contributed by atoms with Gasteiger partial charge in [-0.2, -0.15) is 5.10 Å². The minimum atomic E-state index is -0.508. The first-order valence-electron chi connectivity index (χ1n) is 12.3. The smallest absolute Gasteiger partial charge is 0.410 e. The minimum absolute atomic E-state index is 0.151. The lowest BCUT2D eigenvalue weighted by molar-refractivity contribution is 0.0187. The van der Waals surface area contributed by atoms with Crippen LogP contribution < -0.4 is 5.32 Å². The summed E-state index contributed by atoms with van der Waals surface area (Å²) in [6.45, 7) is 6.81. The first-order valence-corrected chi connectivity index (χ1v) is 12.3. The van der Waals surface area contributed by atoms with Gasteiger partial charge in [0.15, 0.2) is 5.82 Å². The third-order valence-corrected chi connectivity index (χ3v) is 6.39. The molecule has 35 heavy (non-hydrogen) atoms. The lowest BCUT2D eigenvalue weighted by Gasteiger charge is -2.34. The Morgan fingerprint density at radius 2 is 1.77 bits per heavy atom. The molecule has 0 bridgehead atoms. The van der Waals surface area contributed by atoms with Gasteiger partial charge in [-0.25, -0.2) is 9.78 Å². The Bertz CT molecular complexity index is 1190. The van der Waals surface area contributed by atoms with Crippen LogP contribution in [-0.2, 0) is 4.74 Å². The van der Waals surface area contributed by atoms with Crippen molar-refractivity contribution >= 4 is 17.7 Å². The predicted molar refractivity (Wildman–Crippen MR) is 132 cm³/mol. The molecular weight excluding hydrogens is 444 g/mol. The number of carbonyl (C=O) groups excluding carboxylic acids is 2. The van der Waals surface area contributed by atoms with E-state index in [2.05, 4.69) is 20.5 Å². The van der Waals surface area contributed by atoms with E-state index in [4.69, 9.17) is 4.74 Å². The van der Waals surface area contributed by atoms with Crippen LogP contribution >= 0.6 is 0 Å². The largest absolute Gasteiger partial charge is 0.444 e. The quantitative estimate of drug-likeness (QED) is 0.541. The highest BCUT2D eigenvalue weighted by Crippen LogP contribution is 2.38. The summed E-state index contributed by atoms with van der Waals surface area (Å²) in [5.41, 5.74) is 1.72. The number of anilines is 1. The molecule has 3 heterocycles. The fourth-order valence-corrected chi connectivity index (χ4v) is 4.40. The summed E-state index contributed by atoms with van der Waals surface area (Å²) < 4.78 is 7.51. The average molecular weight is 477 g/mol. The van der Waals surface area contributed by atoms with Crippen LogP contribution in [0.4, 0.5) is 10.5 Å². The van der Waals surface area contributed by atoms with Gasteiger partial charge in [0.05, 0.1) is 0 Å². The van der Waals surface area contributed by atoms with E-state index >= 15 is 0 Å². The normalized spacial score (nSPS) is 16.8. The van der Waals surface area contributed by atoms with Crippen molar-refractivity contribution in [1.82, 2.24) is 24.6 Å². The molecule has 9 nitrogen and oxygen atoms in total. The Morgan fingerprint density at radius 1 is 1.06 bits per heavy atom. The first-order chi connectivity index (χ1) is 16.8. The van der Waals surface area contributed by atoms with Crippen LogP contribution in [0.1, 0.15) is 74.7 Å². The van der Waals surface area contributed by atoms with E-state index in [0.29, 0.717) is 36.2 Å². The van der Waals surface area contributed by atoms with Crippen LogP contribution in [0.3, 0.4) is 0 Å². The van der Waals surface area contributed by atoms with Gasteiger partial charge in [-0.15, -0.1) is 0 Å². The number of carbonyl (C=O) groups is 2. The minimum Gasteiger partial charge on any atom is -0.444 e. The fourth-order valence-electron chi connectivity index (χ4n) is 4.40. The van der Waals surface area contributed by atoms with Gasteiger partial charge in [-0.1, -0.05) is 0 Å². The molecule has 0 atom stereocenters. The molecule has 2 N–H and O–H groups in total. The number of H-pyrrole nitrogens is 1. The zero-order valence-corrected chi connectivity index (χ0v) is 20.5. The Kier molecular flexibility index (Phi) is 6.08. The number of nitrogens with zero attached hydrogens (tertiary/aromatic N) is 4. The Balaban J connectivity index is 1.19. The Morgan fingerprint density at radius 3 is 2.43 bits per heavy atom. The van der Waals surface area contributed by atoms with Gasteiger partial charge in [0.25, 0.3) is 5.91 Å². The molecule has 1 aliphatic carbocycles. The van der Waals surface area contributed by atoms with Crippen molar-refractivity contribution in [2.75, 3.05) is 18.4 Å². The molecule has 9 heteroatoms. The summed E-state index contributed by atoms with van der Waals surface area (Å²) in [5, 5.41) is 10.3. The molecule has 0 radical (unpaired) electrons. The molecule has 2 aliphatic rings. The lowest BCUT2D eigenvalue weighted by Crippen LogP contribution is -2.42. The number of aromatic nitrogens is 4. The van der Waals surface area contributed by atoms with Crippen molar-refractivity contribution in [2.24, 2.45) is 0 Å². The molecule has 0 unspecified atom stereocenters. The van der Waals surface area contributed by atoms with Crippen molar-refractivity contribution in [3.05, 3.63) is 54.1 Å². The molecule has 1 aliphatic heterocycles. The maximum Gasteiger partial charge on any atom is 0.410 e. The number of piperidine rings is 1. The van der Waals surface area contributed by atoms with Crippen LogP contribution in [0.15, 0.2) is 42.6 Å². The van der Waals surface area contributed by atoms with E-state index in [-0.39, 0.29) is 18.0 Å². The van der Waals surface area contributed by atoms with Gasteiger partial charge in [-0.3, -0.25) is 9.89 Å². The maximum absolute atomic E-state index is 13.1. The predicted octanol–water partition coefficient (Wildman–Crippen LogP) is 4.97. The molecule has 0 spiro atoms. The SMILES string of the molecule is CC(C)(C)OC(=O)N1CCC(n2cccc2C(=O)Nc2ccc(-c3n[nH]c(C4CC4)n3)cc2)CC1. The number of hydrogen-bond acceptors (Lipinski definition) is 5. The van der Waals surface area contributed by atoms with Crippen LogP contribution in [0, 0.1) is 0 Å². The Labute approximate surface area is 204 Å². The zero-order chi connectivity index (χ0) is 24.6. The first kappa shape index (κ1) is 23.1. The Hall–Kier alpha value is -3.62. The molecular formula is C26H32N6O3. The van der Waals surface area contributed by atoms with E-state index < -0.39 is 5.60 Å². The average Bonchev–Trinajstić information content (AvgIpc) is 3.35. The number of hydrogen-bond donors (Lipinski definition) is 2. The number of likely N-dealkylation sites (tertiary alicyclic amines) is 1. The van der Waals surface area contributed by atoms with Crippen molar-refractivity contribution < 1.29 is 14.3 Å². The van der Waals surface area contributed by atoms with Crippen LogP contribution in [0.2, 0.25) is 0 Å². The monoisotopic (exact) mass is 476 g/mol. The number of nitrogens with one attached hydrogen (secondary N) is 2. The second-order valence-electron chi connectivity index (χ2n) is 10.3. The number of amides is 2. The van der Waals surface area contributed by atoms with Gasteiger partial charge in [0, 0.05) is 42.5 Å². The van der Waals surface area contributed by atoms with Crippen molar-refractivity contribution in [1.29, 1.82) is 0 Å². The molecule has 3 aromatic rings. The van der Waals surface area contributed by atoms with E-state index in [9.17, 15) is 9.59 Å². The van der Waals surface area contributed by atoms with Gasteiger partial charge < -0.3 is 19.5 Å². The highest BCUT2D eigenvalue weighted by molar-refractivity contribution is 6.03. The van der Waals surface area contributed by atoms with Gasteiger partial charge in [0.2, 0.25) is 0 Å². The second-order valence-corrected chi connectivity index (χ2v) is 10.3. The molecule has 5 rings (SSSR count). The van der Waals surface area contributed by atoms with Crippen LogP contribution in [-0.4, -0.2) is 55.3 Å².